The molecule has 0 aromatic rings. The Hall–Kier alpha value is -0.570. The molecule has 1 amide bonds. The van der Waals surface area contributed by atoms with Crippen molar-refractivity contribution in [2.45, 2.75) is 52.0 Å². The summed E-state index contributed by atoms with van der Waals surface area (Å²) >= 11 is 0. The van der Waals surface area contributed by atoms with E-state index in [1.165, 1.54) is 19.3 Å². The van der Waals surface area contributed by atoms with Crippen LogP contribution in [0.5, 0.6) is 0 Å². The van der Waals surface area contributed by atoms with Gasteiger partial charge in [0.25, 0.3) is 0 Å². The number of carbonyl (C=O) groups excluding carboxylic acids is 1. The van der Waals surface area contributed by atoms with Crippen LogP contribution in [0.1, 0.15) is 46.0 Å². The Morgan fingerprint density at radius 1 is 1.08 bits per heavy atom. The van der Waals surface area contributed by atoms with Crippen LogP contribution in [-0.4, -0.2) is 85.0 Å². The Kier molecular flexibility index (Phi) is 8.93. The number of piperazine rings is 1. The van der Waals surface area contributed by atoms with E-state index in [0.29, 0.717) is 5.91 Å². The molecule has 1 unspecified atom stereocenters. The van der Waals surface area contributed by atoms with Crippen molar-refractivity contribution in [3.63, 3.8) is 0 Å². The van der Waals surface area contributed by atoms with Gasteiger partial charge in [0.2, 0.25) is 5.91 Å². The third kappa shape index (κ3) is 5.97. The van der Waals surface area contributed by atoms with E-state index in [4.69, 9.17) is 4.99 Å². The van der Waals surface area contributed by atoms with Crippen molar-refractivity contribution in [2.24, 2.45) is 10.9 Å². The number of nitrogens with one attached hydrogen (secondary N) is 1. The lowest BCUT2D eigenvalue weighted by Gasteiger charge is -2.39. The van der Waals surface area contributed by atoms with Gasteiger partial charge in [-0.05, 0) is 39.0 Å². The molecule has 2 aliphatic heterocycles. The molecular formula is C19H36IN5O. The lowest BCUT2D eigenvalue weighted by atomic mass is 10.2. The largest absolute Gasteiger partial charge is 0.357 e. The number of hydrogen-bond acceptors (Lipinski definition) is 3. The molecule has 0 aromatic heterocycles. The van der Waals surface area contributed by atoms with Gasteiger partial charge in [-0.2, -0.15) is 0 Å². The first-order chi connectivity index (χ1) is 12.2. The summed E-state index contributed by atoms with van der Waals surface area (Å²) < 4.78 is 0. The predicted molar refractivity (Wildman–Crippen MR) is 117 cm³/mol. The second-order valence-electron chi connectivity index (χ2n) is 7.70. The summed E-state index contributed by atoms with van der Waals surface area (Å²) in [6.45, 7) is 11.7. The Morgan fingerprint density at radius 3 is 2.31 bits per heavy atom. The molecule has 2 heterocycles. The molecule has 2 saturated heterocycles. The fraction of sp³-hybridized carbons (Fsp3) is 0.895. The van der Waals surface area contributed by atoms with Crippen molar-refractivity contribution in [3.05, 3.63) is 0 Å². The molecule has 1 aliphatic carbocycles. The van der Waals surface area contributed by atoms with E-state index in [1.54, 1.807) is 0 Å². The molecule has 3 rings (SSSR count). The summed E-state index contributed by atoms with van der Waals surface area (Å²) in [5.74, 6) is 2.30. The summed E-state index contributed by atoms with van der Waals surface area (Å²) in [6.07, 6.45) is 6.35. The van der Waals surface area contributed by atoms with E-state index in [0.717, 1.165) is 77.1 Å². The number of halogens is 1. The average molecular weight is 477 g/mol. The normalized spacial score (nSPS) is 22.9. The van der Waals surface area contributed by atoms with E-state index in [1.807, 2.05) is 4.90 Å². The first-order valence-electron chi connectivity index (χ1n) is 10.2. The SMILES string of the molecule is CCNC(=NCCC1CC1)N1CCN(C(C)C(=O)N2CCCC2)CC1.I. The molecule has 150 valence electrons. The van der Waals surface area contributed by atoms with Crippen LogP contribution >= 0.6 is 24.0 Å². The van der Waals surface area contributed by atoms with Gasteiger partial charge >= 0.3 is 0 Å². The third-order valence-electron chi connectivity index (χ3n) is 5.77. The topological polar surface area (TPSA) is 51.2 Å². The minimum atomic E-state index is 0. The molecule has 3 aliphatic rings. The Balaban J connectivity index is 0.00000243. The zero-order chi connectivity index (χ0) is 17.6. The van der Waals surface area contributed by atoms with Gasteiger partial charge in [0.15, 0.2) is 5.96 Å². The molecule has 6 nitrogen and oxygen atoms in total. The maximum absolute atomic E-state index is 12.6. The van der Waals surface area contributed by atoms with Crippen LogP contribution in [0.2, 0.25) is 0 Å². The molecule has 3 fully saturated rings. The van der Waals surface area contributed by atoms with Crippen molar-refractivity contribution in [1.29, 1.82) is 0 Å². The van der Waals surface area contributed by atoms with Crippen LogP contribution < -0.4 is 5.32 Å². The summed E-state index contributed by atoms with van der Waals surface area (Å²) in [6, 6.07) is 0.00893. The Labute approximate surface area is 175 Å². The Morgan fingerprint density at radius 2 is 1.73 bits per heavy atom. The van der Waals surface area contributed by atoms with Gasteiger partial charge in [-0.1, -0.05) is 12.8 Å². The van der Waals surface area contributed by atoms with Crippen molar-refractivity contribution in [3.8, 4) is 0 Å². The molecule has 0 aromatic carbocycles. The highest BCUT2D eigenvalue weighted by Gasteiger charge is 2.30. The van der Waals surface area contributed by atoms with Gasteiger partial charge in [0, 0.05) is 52.4 Å². The van der Waals surface area contributed by atoms with Gasteiger partial charge in [-0.25, -0.2) is 0 Å². The van der Waals surface area contributed by atoms with Gasteiger partial charge in [0.1, 0.15) is 0 Å². The molecule has 1 saturated carbocycles. The van der Waals surface area contributed by atoms with E-state index in [-0.39, 0.29) is 30.0 Å². The zero-order valence-corrected chi connectivity index (χ0v) is 18.8. The highest BCUT2D eigenvalue weighted by Crippen LogP contribution is 2.32. The highest BCUT2D eigenvalue weighted by atomic mass is 127. The third-order valence-corrected chi connectivity index (χ3v) is 5.77. The number of amides is 1. The van der Waals surface area contributed by atoms with Crippen LogP contribution in [0.4, 0.5) is 0 Å². The Bertz CT molecular complexity index is 469. The van der Waals surface area contributed by atoms with Crippen molar-refractivity contribution >= 4 is 35.8 Å². The lowest BCUT2D eigenvalue weighted by molar-refractivity contribution is -0.135. The predicted octanol–water partition coefficient (Wildman–Crippen LogP) is 2.00. The van der Waals surface area contributed by atoms with Gasteiger partial charge in [-0.15, -0.1) is 24.0 Å². The summed E-state index contributed by atoms with van der Waals surface area (Å²) in [4.78, 5) is 24.2. The smallest absolute Gasteiger partial charge is 0.239 e. The first-order valence-corrected chi connectivity index (χ1v) is 10.2. The molecular weight excluding hydrogens is 441 g/mol. The highest BCUT2D eigenvalue weighted by molar-refractivity contribution is 14.0. The number of rotatable bonds is 6. The number of nitrogens with zero attached hydrogens (tertiary/aromatic N) is 4. The molecule has 7 heteroatoms. The van der Waals surface area contributed by atoms with Crippen molar-refractivity contribution in [2.75, 3.05) is 52.4 Å². The van der Waals surface area contributed by atoms with Gasteiger partial charge in [0.05, 0.1) is 6.04 Å². The van der Waals surface area contributed by atoms with Crippen LogP contribution in [0.25, 0.3) is 0 Å². The van der Waals surface area contributed by atoms with Crippen molar-refractivity contribution < 1.29 is 4.79 Å². The van der Waals surface area contributed by atoms with Crippen LogP contribution in [0, 0.1) is 5.92 Å². The fourth-order valence-electron chi connectivity index (χ4n) is 3.86. The number of hydrogen-bond donors (Lipinski definition) is 1. The molecule has 0 spiro atoms. The van der Waals surface area contributed by atoms with Crippen LogP contribution in [0.15, 0.2) is 4.99 Å². The van der Waals surface area contributed by atoms with Crippen LogP contribution in [-0.2, 0) is 4.79 Å². The minimum absolute atomic E-state index is 0. The van der Waals surface area contributed by atoms with E-state index in [2.05, 4.69) is 29.0 Å². The fourth-order valence-corrected chi connectivity index (χ4v) is 3.86. The number of likely N-dealkylation sites (tertiary alicyclic amines) is 1. The second-order valence-corrected chi connectivity index (χ2v) is 7.70. The number of carbonyl (C=O) groups is 1. The van der Waals surface area contributed by atoms with Crippen LogP contribution in [0.3, 0.4) is 0 Å². The van der Waals surface area contributed by atoms with E-state index < -0.39 is 0 Å². The van der Waals surface area contributed by atoms with Gasteiger partial charge in [-0.3, -0.25) is 14.7 Å². The quantitative estimate of drug-likeness (QED) is 0.361. The van der Waals surface area contributed by atoms with E-state index >= 15 is 0 Å². The zero-order valence-electron chi connectivity index (χ0n) is 16.5. The molecule has 1 atom stereocenters. The number of guanidine groups is 1. The molecule has 26 heavy (non-hydrogen) atoms. The maximum atomic E-state index is 12.6. The second kappa shape index (κ2) is 10.7. The first kappa shape index (κ1) is 21.7. The number of aliphatic imine (C=N–C) groups is 1. The molecule has 1 N–H and O–H groups in total. The molecule has 0 radical (unpaired) electrons. The van der Waals surface area contributed by atoms with E-state index in [9.17, 15) is 4.79 Å². The van der Waals surface area contributed by atoms with Crippen molar-refractivity contribution in [1.82, 2.24) is 20.0 Å². The monoisotopic (exact) mass is 477 g/mol. The summed E-state index contributed by atoms with van der Waals surface area (Å²) in [5, 5.41) is 3.44. The summed E-state index contributed by atoms with van der Waals surface area (Å²) in [7, 11) is 0. The maximum Gasteiger partial charge on any atom is 0.239 e. The lowest BCUT2D eigenvalue weighted by Crippen LogP contribution is -2.57. The molecule has 0 bridgehead atoms. The van der Waals surface area contributed by atoms with Gasteiger partial charge < -0.3 is 15.1 Å². The standard InChI is InChI=1S/C19H35N5O.HI/c1-3-20-19(21-9-8-17-6-7-17)24-14-12-22(13-15-24)16(2)18(25)23-10-4-5-11-23;/h16-17H,3-15H2,1-2H3,(H,20,21);1H. The average Bonchev–Trinajstić information content (AvgIpc) is 3.30. The summed E-state index contributed by atoms with van der Waals surface area (Å²) in [5.41, 5.74) is 0. The minimum Gasteiger partial charge on any atom is -0.357 e.